The van der Waals surface area contributed by atoms with Gasteiger partial charge in [0.05, 0.1) is 6.26 Å². The molecule has 0 radical (unpaired) electrons. The standard InChI is InChI=1S/C15H25FN6O2S.HI/c1-17-15(19-8-4-9-20-25(2,23)24)21-12-6-10-22(11-12)14-13(16)5-3-7-18-14;/h3,5,7,12,20H,4,6,8-11H2,1-2H3,(H2,17,19,21);1H. The quantitative estimate of drug-likeness (QED) is 0.219. The highest BCUT2D eigenvalue weighted by molar-refractivity contribution is 14.0. The zero-order valence-electron chi connectivity index (χ0n) is 14.9. The fraction of sp³-hybridized carbons (Fsp3) is 0.600. The molecule has 0 aromatic carbocycles. The normalized spacial score (nSPS) is 17.7. The van der Waals surface area contributed by atoms with E-state index < -0.39 is 10.0 Å². The predicted octanol–water partition coefficient (Wildman–Crippen LogP) is 0.522. The molecule has 26 heavy (non-hydrogen) atoms. The van der Waals surface area contributed by atoms with E-state index >= 15 is 0 Å². The van der Waals surface area contributed by atoms with Gasteiger partial charge in [0, 0.05) is 45.5 Å². The van der Waals surface area contributed by atoms with E-state index in [1.54, 1.807) is 19.3 Å². The lowest BCUT2D eigenvalue weighted by molar-refractivity contribution is 0.583. The van der Waals surface area contributed by atoms with Gasteiger partial charge in [0.1, 0.15) is 0 Å². The molecule has 0 aliphatic carbocycles. The van der Waals surface area contributed by atoms with Crippen LogP contribution in [0.15, 0.2) is 23.3 Å². The molecule has 1 atom stereocenters. The Kier molecular flexibility index (Phi) is 9.50. The lowest BCUT2D eigenvalue weighted by atomic mass is 10.3. The third-order valence-electron chi connectivity index (χ3n) is 3.80. The van der Waals surface area contributed by atoms with Crippen LogP contribution >= 0.6 is 24.0 Å². The highest BCUT2D eigenvalue weighted by Gasteiger charge is 2.25. The largest absolute Gasteiger partial charge is 0.356 e. The molecule has 1 fully saturated rings. The van der Waals surface area contributed by atoms with Crippen LogP contribution in [-0.4, -0.2) is 64.9 Å². The average Bonchev–Trinajstić information content (AvgIpc) is 3.01. The van der Waals surface area contributed by atoms with E-state index in [2.05, 4.69) is 25.3 Å². The lowest BCUT2D eigenvalue weighted by Crippen LogP contribution is -2.45. The molecule has 0 amide bonds. The molecule has 2 heterocycles. The molecule has 1 aliphatic rings. The molecule has 0 saturated carbocycles. The average molecular weight is 500 g/mol. The van der Waals surface area contributed by atoms with Crippen molar-refractivity contribution in [3.63, 3.8) is 0 Å². The summed E-state index contributed by atoms with van der Waals surface area (Å²) in [5.74, 6) is 0.707. The smallest absolute Gasteiger partial charge is 0.208 e. The first-order chi connectivity index (χ1) is 11.9. The first-order valence-electron chi connectivity index (χ1n) is 8.16. The Balaban J connectivity index is 0.00000338. The van der Waals surface area contributed by atoms with Crippen molar-refractivity contribution in [2.75, 3.05) is 44.4 Å². The van der Waals surface area contributed by atoms with Crippen LogP contribution in [0.5, 0.6) is 0 Å². The van der Waals surface area contributed by atoms with Crippen LogP contribution in [0, 0.1) is 5.82 Å². The van der Waals surface area contributed by atoms with Crippen molar-refractivity contribution in [3.05, 3.63) is 24.1 Å². The second-order valence-electron chi connectivity index (χ2n) is 5.90. The van der Waals surface area contributed by atoms with Gasteiger partial charge in [-0.15, -0.1) is 24.0 Å². The molecule has 2 rings (SSSR count). The van der Waals surface area contributed by atoms with E-state index in [9.17, 15) is 12.8 Å². The molecule has 1 aromatic heterocycles. The number of nitrogens with one attached hydrogen (secondary N) is 3. The number of aliphatic imine (C=N–C) groups is 1. The predicted molar refractivity (Wildman–Crippen MR) is 112 cm³/mol. The summed E-state index contributed by atoms with van der Waals surface area (Å²) in [6.45, 7) is 2.33. The topological polar surface area (TPSA) is 98.7 Å². The highest BCUT2D eigenvalue weighted by Crippen LogP contribution is 2.20. The lowest BCUT2D eigenvalue weighted by Gasteiger charge is -2.20. The molecule has 1 saturated heterocycles. The van der Waals surface area contributed by atoms with Crippen molar-refractivity contribution < 1.29 is 12.8 Å². The minimum absolute atomic E-state index is 0. The monoisotopic (exact) mass is 500 g/mol. The van der Waals surface area contributed by atoms with Crippen molar-refractivity contribution in [1.29, 1.82) is 0 Å². The Labute approximate surface area is 171 Å². The summed E-state index contributed by atoms with van der Waals surface area (Å²) in [7, 11) is -1.47. The fourth-order valence-electron chi connectivity index (χ4n) is 2.62. The van der Waals surface area contributed by atoms with Crippen molar-refractivity contribution in [2.45, 2.75) is 18.9 Å². The number of hydrogen-bond donors (Lipinski definition) is 3. The van der Waals surface area contributed by atoms with Gasteiger partial charge in [-0.05, 0) is 25.0 Å². The van der Waals surface area contributed by atoms with Crippen LogP contribution < -0.4 is 20.3 Å². The van der Waals surface area contributed by atoms with Crippen LogP contribution in [0.2, 0.25) is 0 Å². The summed E-state index contributed by atoms with van der Waals surface area (Å²) in [5.41, 5.74) is 0. The Morgan fingerprint density at radius 3 is 2.88 bits per heavy atom. The maximum atomic E-state index is 13.8. The van der Waals surface area contributed by atoms with Crippen LogP contribution in [-0.2, 0) is 10.0 Å². The summed E-state index contributed by atoms with van der Waals surface area (Å²) in [6.07, 6.45) is 4.22. The summed E-state index contributed by atoms with van der Waals surface area (Å²) >= 11 is 0. The minimum Gasteiger partial charge on any atom is -0.356 e. The van der Waals surface area contributed by atoms with Gasteiger partial charge in [0.25, 0.3) is 0 Å². The SMILES string of the molecule is CN=C(NCCCNS(C)(=O)=O)NC1CCN(c2ncccc2F)C1.I. The van der Waals surface area contributed by atoms with Gasteiger partial charge in [-0.3, -0.25) is 4.99 Å². The van der Waals surface area contributed by atoms with Crippen LogP contribution in [0.4, 0.5) is 10.2 Å². The molecule has 0 spiro atoms. The van der Waals surface area contributed by atoms with Gasteiger partial charge >= 0.3 is 0 Å². The molecule has 0 bridgehead atoms. The summed E-state index contributed by atoms with van der Waals surface area (Å²) in [5, 5.41) is 6.44. The number of rotatable bonds is 7. The molecule has 148 valence electrons. The molecule has 3 N–H and O–H groups in total. The Bertz CT molecular complexity index is 703. The van der Waals surface area contributed by atoms with E-state index in [0.717, 1.165) is 19.2 Å². The second-order valence-corrected chi connectivity index (χ2v) is 7.74. The van der Waals surface area contributed by atoms with Crippen molar-refractivity contribution >= 4 is 45.8 Å². The van der Waals surface area contributed by atoms with E-state index in [4.69, 9.17) is 0 Å². The van der Waals surface area contributed by atoms with E-state index in [1.165, 1.54) is 6.07 Å². The van der Waals surface area contributed by atoms with Crippen LogP contribution in [0.25, 0.3) is 0 Å². The number of hydrogen-bond acceptors (Lipinski definition) is 5. The minimum atomic E-state index is -3.15. The van der Waals surface area contributed by atoms with Gasteiger partial charge in [0.2, 0.25) is 10.0 Å². The number of anilines is 1. The number of aromatic nitrogens is 1. The molecular weight excluding hydrogens is 474 g/mol. The maximum absolute atomic E-state index is 13.8. The zero-order valence-corrected chi connectivity index (χ0v) is 18.1. The van der Waals surface area contributed by atoms with Crippen molar-refractivity contribution in [1.82, 2.24) is 20.3 Å². The molecule has 1 unspecified atom stereocenters. The summed E-state index contributed by atoms with van der Waals surface area (Å²) in [6, 6.07) is 3.13. The summed E-state index contributed by atoms with van der Waals surface area (Å²) < 4.78 is 38.2. The Morgan fingerprint density at radius 2 is 2.23 bits per heavy atom. The van der Waals surface area contributed by atoms with Crippen molar-refractivity contribution in [2.24, 2.45) is 4.99 Å². The van der Waals surface area contributed by atoms with Gasteiger partial charge < -0.3 is 15.5 Å². The third kappa shape index (κ3) is 7.58. The Morgan fingerprint density at radius 1 is 1.46 bits per heavy atom. The van der Waals surface area contributed by atoms with Gasteiger partial charge in [-0.2, -0.15) is 0 Å². The first kappa shape index (κ1) is 22.8. The summed E-state index contributed by atoms with van der Waals surface area (Å²) in [4.78, 5) is 10.2. The Hall–Kier alpha value is -1.21. The number of guanidine groups is 1. The third-order valence-corrected chi connectivity index (χ3v) is 4.53. The van der Waals surface area contributed by atoms with Crippen LogP contribution in [0.3, 0.4) is 0 Å². The first-order valence-corrected chi connectivity index (χ1v) is 10.1. The molecule has 1 aromatic rings. The maximum Gasteiger partial charge on any atom is 0.208 e. The molecular formula is C15H26FIN6O2S. The number of nitrogens with zero attached hydrogens (tertiary/aromatic N) is 3. The molecule has 1 aliphatic heterocycles. The van der Waals surface area contributed by atoms with E-state index in [-0.39, 0.29) is 35.8 Å². The molecule has 8 nitrogen and oxygen atoms in total. The fourth-order valence-corrected chi connectivity index (χ4v) is 3.14. The van der Waals surface area contributed by atoms with Crippen molar-refractivity contribution in [3.8, 4) is 0 Å². The van der Waals surface area contributed by atoms with E-state index in [1.807, 2.05) is 4.90 Å². The second kappa shape index (κ2) is 10.8. The van der Waals surface area contributed by atoms with Gasteiger partial charge in [0.15, 0.2) is 17.6 Å². The number of pyridine rings is 1. The number of halogens is 2. The van der Waals surface area contributed by atoms with Gasteiger partial charge in [-0.25, -0.2) is 22.5 Å². The zero-order chi connectivity index (χ0) is 18.3. The van der Waals surface area contributed by atoms with Crippen LogP contribution in [0.1, 0.15) is 12.8 Å². The highest BCUT2D eigenvalue weighted by atomic mass is 127. The molecule has 11 heteroatoms. The van der Waals surface area contributed by atoms with Gasteiger partial charge in [-0.1, -0.05) is 0 Å². The van der Waals surface area contributed by atoms with E-state index in [0.29, 0.717) is 37.8 Å². The number of sulfonamides is 1.